The van der Waals surface area contributed by atoms with Crippen molar-refractivity contribution in [2.24, 2.45) is 0 Å². The molecule has 0 saturated heterocycles. The molecule has 5 nitrogen and oxygen atoms in total. The highest BCUT2D eigenvalue weighted by atomic mass is 79.9. The monoisotopic (exact) mass is 477 g/mol. The molecule has 8 heteroatoms. The van der Waals surface area contributed by atoms with Crippen LogP contribution in [0.2, 0.25) is 0 Å². The predicted octanol–water partition coefficient (Wildman–Crippen LogP) is 4.98. The van der Waals surface area contributed by atoms with Crippen LogP contribution in [0, 0.1) is 5.82 Å². The number of nitrogens with zero attached hydrogens (tertiary/aromatic N) is 1. The van der Waals surface area contributed by atoms with Gasteiger partial charge in [0.25, 0.3) is 0 Å². The molecule has 3 rings (SSSR count). The number of hydrogen-bond donors (Lipinski definition) is 2. The molecule has 0 aliphatic rings. The van der Waals surface area contributed by atoms with Crippen molar-refractivity contribution in [2.75, 3.05) is 5.73 Å². The van der Waals surface area contributed by atoms with Gasteiger partial charge in [0, 0.05) is 28.4 Å². The Morgan fingerprint density at radius 3 is 2.34 bits per heavy atom. The molecular formula is C21H21BrFN3O2S. The Labute approximate surface area is 178 Å². The first-order valence-corrected chi connectivity index (χ1v) is 11.1. The minimum absolute atomic E-state index is 0.0963. The fourth-order valence-corrected chi connectivity index (χ4v) is 4.91. The normalized spacial score (nSPS) is 12.2. The zero-order valence-electron chi connectivity index (χ0n) is 16.2. The molecule has 0 spiro atoms. The van der Waals surface area contributed by atoms with Crippen LogP contribution in [0.3, 0.4) is 0 Å². The average Bonchev–Trinajstić information content (AvgIpc) is 2.62. The molecule has 1 aromatic heterocycles. The summed E-state index contributed by atoms with van der Waals surface area (Å²) in [6, 6.07) is 12.8. The number of hydrogen-bond acceptors (Lipinski definition) is 4. The second-order valence-corrected chi connectivity index (χ2v) is 10.1. The number of aromatic nitrogens is 1. The summed E-state index contributed by atoms with van der Waals surface area (Å²) >= 11 is 3.29. The lowest BCUT2D eigenvalue weighted by atomic mass is 10.0. The molecule has 0 aliphatic heterocycles. The Hall–Kier alpha value is -2.29. The number of nitrogens with two attached hydrogens (primary N) is 1. The largest absolute Gasteiger partial charge is 0.383 e. The van der Waals surface area contributed by atoms with Crippen molar-refractivity contribution in [2.45, 2.75) is 31.2 Å². The van der Waals surface area contributed by atoms with E-state index in [0.717, 1.165) is 0 Å². The lowest BCUT2D eigenvalue weighted by Crippen LogP contribution is -2.40. The Morgan fingerprint density at radius 2 is 1.72 bits per heavy atom. The molecule has 1 heterocycles. The Bertz CT molecular complexity index is 1170. The third-order valence-electron chi connectivity index (χ3n) is 4.08. The minimum atomic E-state index is -3.78. The smallest absolute Gasteiger partial charge is 0.241 e. The van der Waals surface area contributed by atoms with Gasteiger partial charge in [-0.3, -0.25) is 0 Å². The van der Waals surface area contributed by atoms with Crippen LogP contribution in [-0.4, -0.2) is 18.9 Å². The van der Waals surface area contributed by atoms with Gasteiger partial charge in [0.15, 0.2) is 0 Å². The van der Waals surface area contributed by atoms with E-state index in [2.05, 4.69) is 25.6 Å². The van der Waals surface area contributed by atoms with Crippen molar-refractivity contribution in [3.8, 4) is 22.3 Å². The molecular weight excluding hydrogens is 457 g/mol. The summed E-state index contributed by atoms with van der Waals surface area (Å²) in [7, 11) is -3.78. The lowest BCUT2D eigenvalue weighted by molar-refractivity contribution is 0.491. The molecule has 0 unspecified atom stereocenters. The number of halogens is 2. The van der Waals surface area contributed by atoms with Crippen LogP contribution in [0.5, 0.6) is 0 Å². The van der Waals surface area contributed by atoms with E-state index in [-0.39, 0.29) is 4.90 Å². The minimum Gasteiger partial charge on any atom is -0.383 e. The first-order chi connectivity index (χ1) is 13.5. The lowest BCUT2D eigenvalue weighted by Gasteiger charge is -2.21. The number of benzene rings is 2. The van der Waals surface area contributed by atoms with Gasteiger partial charge in [0.1, 0.15) is 11.6 Å². The summed E-state index contributed by atoms with van der Waals surface area (Å²) in [4.78, 5) is 4.13. The number of sulfonamides is 1. The molecule has 2 aromatic carbocycles. The fraction of sp³-hybridized carbons (Fsp3) is 0.190. The van der Waals surface area contributed by atoms with Gasteiger partial charge in [-0.05, 0) is 60.5 Å². The van der Waals surface area contributed by atoms with E-state index in [1.165, 1.54) is 18.3 Å². The molecule has 0 saturated carbocycles. The zero-order chi connectivity index (χ0) is 21.4. The van der Waals surface area contributed by atoms with E-state index < -0.39 is 21.4 Å². The van der Waals surface area contributed by atoms with Gasteiger partial charge in [-0.25, -0.2) is 22.5 Å². The van der Waals surface area contributed by atoms with E-state index >= 15 is 0 Å². The highest BCUT2D eigenvalue weighted by Crippen LogP contribution is 2.33. The number of pyridine rings is 1. The maximum atomic E-state index is 14.9. The first kappa shape index (κ1) is 21.4. The van der Waals surface area contributed by atoms with Crippen molar-refractivity contribution in [1.29, 1.82) is 0 Å². The molecule has 0 atom stereocenters. The molecule has 0 bridgehead atoms. The van der Waals surface area contributed by atoms with Crippen LogP contribution in [0.25, 0.3) is 22.3 Å². The number of nitrogens with one attached hydrogen (secondary N) is 1. The highest BCUT2D eigenvalue weighted by Gasteiger charge is 2.25. The van der Waals surface area contributed by atoms with Crippen molar-refractivity contribution in [3.05, 3.63) is 65.0 Å². The van der Waals surface area contributed by atoms with E-state index in [1.54, 1.807) is 57.2 Å². The maximum Gasteiger partial charge on any atom is 0.241 e. The quantitative estimate of drug-likeness (QED) is 0.554. The second kappa shape index (κ2) is 7.85. The van der Waals surface area contributed by atoms with Gasteiger partial charge in [0.05, 0.1) is 9.37 Å². The topological polar surface area (TPSA) is 85.1 Å². The van der Waals surface area contributed by atoms with E-state index in [9.17, 15) is 12.8 Å². The Balaban J connectivity index is 2.07. The van der Waals surface area contributed by atoms with Crippen molar-refractivity contribution >= 4 is 31.8 Å². The molecule has 0 fully saturated rings. The van der Waals surface area contributed by atoms with Crippen LogP contribution in [0.15, 0.2) is 64.1 Å². The van der Waals surface area contributed by atoms with Crippen LogP contribution < -0.4 is 10.5 Å². The number of nitrogen functional groups attached to an aromatic ring is 1. The van der Waals surface area contributed by atoms with Crippen LogP contribution in [-0.2, 0) is 10.0 Å². The van der Waals surface area contributed by atoms with E-state index in [0.29, 0.717) is 32.5 Å². The van der Waals surface area contributed by atoms with Gasteiger partial charge in [-0.1, -0.05) is 30.3 Å². The molecule has 3 N–H and O–H groups in total. The Kier molecular flexibility index (Phi) is 5.80. The average molecular weight is 478 g/mol. The zero-order valence-corrected chi connectivity index (χ0v) is 18.6. The van der Waals surface area contributed by atoms with Gasteiger partial charge in [0.2, 0.25) is 10.0 Å². The van der Waals surface area contributed by atoms with Crippen LogP contribution in [0.4, 0.5) is 10.2 Å². The molecule has 29 heavy (non-hydrogen) atoms. The van der Waals surface area contributed by atoms with E-state index in [4.69, 9.17) is 5.73 Å². The first-order valence-electron chi connectivity index (χ1n) is 8.82. The van der Waals surface area contributed by atoms with Gasteiger partial charge < -0.3 is 5.73 Å². The second-order valence-electron chi connectivity index (χ2n) is 7.64. The number of anilines is 1. The summed E-state index contributed by atoms with van der Waals surface area (Å²) in [6.45, 7) is 5.29. The van der Waals surface area contributed by atoms with Gasteiger partial charge in [-0.15, -0.1) is 0 Å². The molecule has 0 radical (unpaired) electrons. The molecule has 3 aromatic rings. The predicted molar refractivity (Wildman–Crippen MR) is 117 cm³/mol. The summed E-state index contributed by atoms with van der Waals surface area (Å²) < 4.78 is 43.8. The third-order valence-corrected chi connectivity index (χ3v) is 6.53. The standard InChI is InChI=1S/C21H21BrFN3O2S/c1-21(2,3)26-29(27,28)19-7-5-4-6-16(19)13-8-9-15(18(23)11-13)14-10-17(22)20(24)25-12-14/h4-12,26H,1-3H3,(H2,24,25). The van der Waals surface area contributed by atoms with Crippen LogP contribution >= 0.6 is 15.9 Å². The summed E-state index contributed by atoms with van der Waals surface area (Å²) in [5, 5.41) is 0. The van der Waals surface area contributed by atoms with Crippen molar-refractivity contribution in [3.63, 3.8) is 0 Å². The summed E-state index contributed by atoms with van der Waals surface area (Å²) in [5.41, 5.74) is 6.84. The van der Waals surface area contributed by atoms with Crippen molar-refractivity contribution in [1.82, 2.24) is 9.71 Å². The molecule has 152 valence electrons. The van der Waals surface area contributed by atoms with E-state index in [1.807, 2.05) is 0 Å². The summed E-state index contributed by atoms with van der Waals surface area (Å²) in [5.74, 6) is -0.173. The molecule has 0 aliphatic carbocycles. The summed E-state index contributed by atoms with van der Waals surface area (Å²) in [6.07, 6.45) is 1.49. The SMILES string of the molecule is CC(C)(C)NS(=O)(=O)c1ccccc1-c1ccc(-c2cnc(N)c(Br)c2)c(F)c1. The number of rotatable bonds is 4. The van der Waals surface area contributed by atoms with Gasteiger partial charge in [-0.2, -0.15) is 0 Å². The highest BCUT2D eigenvalue weighted by molar-refractivity contribution is 9.10. The maximum absolute atomic E-state index is 14.9. The Morgan fingerprint density at radius 1 is 1.03 bits per heavy atom. The molecule has 0 amide bonds. The fourth-order valence-electron chi connectivity index (χ4n) is 2.91. The van der Waals surface area contributed by atoms with Gasteiger partial charge >= 0.3 is 0 Å². The third kappa shape index (κ3) is 4.83. The van der Waals surface area contributed by atoms with Crippen molar-refractivity contribution < 1.29 is 12.8 Å². The van der Waals surface area contributed by atoms with Crippen LogP contribution in [0.1, 0.15) is 20.8 Å².